The Kier molecular flexibility index (Phi) is 2.92. The van der Waals surface area contributed by atoms with Crippen molar-refractivity contribution in [1.29, 1.82) is 0 Å². The summed E-state index contributed by atoms with van der Waals surface area (Å²) in [6.07, 6.45) is 5.02. The summed E-state index contributed by atoms with van der Waals surface area (Å²) in [4.78, 5) is 9.07. The van der Waals surface area contributed by atoms with Gasteiger partial charge in [0.15, 0.2) is 16.8 Å². The quantitative estimate of drug-likeness (QED) is 0.788. The molecule has 1 aromatic carbocycles. The fourth-order valence-electron chi connectivity index (χ4n) is 3.09. The summed E-state index contributed by atoms with van der Waals surface area (Å²) in [6, 6.07) is 6.15. The van der Waals surface area contributed by atoms with E-state index < -0.39 is 0 Å². The maximum atomic E-state index is 5.77. The Hall–Kier alpha value is -1.95. The summed E-state index contributed by atoms with van der Waals surface area (Å²) in [6.45, 7) is 0. The normalized spacial score (nSPS) is 16.0. The lowest BCUT2D eigenvalue weighted by atomic mass is 10.1. The maximum absolute atomic E-state index is 5.77. The van der Waals surface area contributed by atoms with Gasteiger partial charge in [-0.15, -0.1) is 0 Å². The summed E-state index contributed by atoms with van der Waals surface area (Å²) < 4.78 is 2.98. The Morgan fingerprint density at radius 1 is 1.24 bits per heavy atom. The predicted molar refractivity (Wildman–Crippen MR) is 85.2 cm³/mol. The number of thiazole rings is 1. The molecule has 2 aromatic heterocycles. The molecule has 5 nitrogen and oxygen atoms in total. The molecule has 2 heterocycles. The van der Waals surface area contributed by atoms with Crippen LogP contribution >= 0.6 is 11.3 Å². The molecule has 1 aliphatic rings. The highest BCUT2D eigenvalue weighted by atomic mass is 32.1. The van der Waals surface area contributed by atoms with Crippen LogP contribution in [0, 0.1) is 0 Å². The van der Waals surface area contributed by atoms with Gasteiger partial charge in [-0.05, 0) is 31.0 Å². The maximum Gasteiger partial charge on any atom is 0.181 e. The van der Waals surface area contributed by atoms with Gasteiger partial charge >= 0.3 is 0 Å². The molecular formula is C15H17N5S. The van der Waals surface area contributed by atoms with Crippen LogP contribution in [-0.4, -0.2) is 19.7 Å². The molecule has 1 fully saturated rings. The topological polar surface area (TPSA) is 69.6 Å². The molecule has 0 saturated heterocycles. The summed E-state index contributed by atoms with van der Waals surface area (Å²) in [7, 11) is 1.96. The number of benzene rings is 1. The minimum absolute atomic E-state index is 0.535. The molecule has 1 aliphatic carbocycles. The zero-order valence-corrected chi connectivity index (χ0v) is 12.7. The third-order valence-electron chi connectivity index (χ3n) is 4.16. The van der Waals surface area contributed by atoms with E-state index in [0.717, 1.165) is 27.4 Å². The molecule has 108 valence electrons. The van der Waals surface area contributed by atoms with Gasteiger partial charge in [0.2, 0.25) is 0 Å². The van der Waals surface area contributed by atoms with E-state index in [9.17, 15) is 0 Å². The molecule has 4 rings (SSSR count). The number of anilines is 1. The molecule has 1 saturated carbocycles. The van der Waals surface area contributed by atoms with Crippen LogP contribution in [0.2, 0.25) is 0 Å². The van der Waals surface area contributed by atoms with Crippen LogP contribution in [0.3, 0.4) is 0 Å². The largest absolute Gasteiger partial charge is 0.375 e. The first-order valence-corrected chi connectivity index (χ1v) is 8.10. The second kappa shape index (κ2) is 4.80. The lowest BCUT2D eigenvalue weighted by Gasteiger charge is -2.00. The number of hydrogen-bond donors (Lipinski definition) is 1. The van der Waals surface area contributed by atoms with E-state index in [1.165, 1.54) is 37.0 Å². The van der Waals surface area contributed by atoms with Gasteiger partial charge in [-0.2, -0.15) is 5.10 Å². The van der Waals surface area contributed by atoms with Gasteiger partial charge in [0.25, 0.3) is 0 Å². The van der Waals surface area contributed by atoms with Gasteiger partial charge in [0.05, 0.1) is 10.2 Å². The van der Waals surface area contributed by atoms with Crippen molar-refractivity contribution in [2.45, 2.75) is 31.6 Å². The highest BCUT2D eigenvalue weighted by Crippen LogP contribution is 2.34. The van der Waals surface area contributed by atoms with E-state index in [2.05, 4.69) is 16.1 Å². The second-order valence-corrected chi connectivity index (χ2v) is 6.70. The van der Waals surface area contributed by atoms with Crippen LogP contribution in [0.4, 0.5) is 5.13 Å². The van der Waals surface area contributed by atoms with Gasteiger partial charge in [-0.25, -0.2) is 14.6 Å². The van der Waals surface area contributed by atoms with E-state index in [0.29, 0.717) is 11.0 Å². The number of nitrogens with two attached hydrogens (primary N) is 1. The molecule has 2 N–H and O–H groups in total. The minimum Gasteiger partial charge on any atom is -0.375 e. The molecule has 0 spiro atoms. The zero-order chi connectivity index (χ0) is 14.4. The Balaban J connectivity index is 1.76. The SMILES string of the molecule is Cn1nc(C2CCCC2)nc1-c1ccc2nc(N)sc2c1. The number of aryl methyl sites for hydroxylation is 1. The lowest BCUT2D eigenvalue weighted by molar-refractivity contribution is 0.648. The lowest BCUT2D eigenvalue weighted by Crippen LogP contribution is -1.97. The Bertz CT molecular complexity index is 798. The Morgan fingerprint density at radius 3 is 2.86 bits per heavy atom. The van der Waals surface area contributed by atoms with Crippen LogP contribution in [0.15, 0.2) is 18.2 Å². The average molecular weight is 299 g/mol. The van der Waals surface area contributed by atoms with Crippen molar-refractivity contribution in [3.8, 4) is 11.4 Å². The van der Waals surface area contributed by atoms with Gasteiger partial charge in [-0.3, -0.25) is 0 Å². The van der Waals surface area contributed by atoms with Crippen molar-refractivity contribution < 1.29 is 0 Å². The standard InChI is InChI=1S/C15H17N5S/c1-20-14(18-13(19-20)9-4-2-3-5-9)10-6-7-11-12(8-10)21-15(16)17-11/h6-9H,2-5H2,1H3,(H2,16,17). The minimum atomic E-state index is 0.535. The van der Waals surface area contributed by atoms with Gasteiger partial charge in [0, 0.05) is 18.5 Å². The highest BCUT2D eigenvalue weighted by molar-refractivity contribution is 7.22. The molecule has 0 atom stereocenters. The van der Waals surface area contributed by atoms with Crippen molar-refractivity contribution in [2.75, 3.05) is 5.73 Å². The average Bonchev–Trinajstić information content (AvgIpc) is 3.15. The molecule has 6 heteroatoms. The molecule has 21 heavy (non-hydrogen) atoms. The highest BCUT2D eigenvalue weighted by Gasteiger charge is 2.22. The number of aromatic nitrogens is 4. The smallest absolute Gasteiger partial charge is 0.181 e. The van der Waals surface area contributed by atoms with Gasteiger partial charge < -0.3 is 5.73 Å². The van der Waals surface area contributed by atoms with Gasteiger partial charge in [-0.1, -0.05) is 24.2 Å². The van der Waals surface area contributed by atoms with Crippen LogP contribution in [-0.2, 0) is 7.05 Å². The molecular weight excluding hydrogens is 282 g/mol. The van der Waals surface area contributed by atoms with E-state index >= 15 is 0 Å². The fraction of sp³-hybridized carbons (Fsp3) is 0.400. The summed E-state index contributed by atoms with van der Waals surface area (Å²) in [5.41, 5.74) is 7.79. The first kappa shape index (κ1) is 12.8. The van der Waals surface area contributed by atoms with Crippen molar-refractivity contribution in [3.05, 3.63) is 24.0 Å². The zero-order valence-electron chi connectivity index (χ0n) is 11.9. The molecule has 0 amide bonds. The van der Waals surface area contributed by atoms with Crippen LogP contribution in [0.1, 0.15) is 37.4 Å². The van der Waals surface area contributed by atoms with Crippen molar-refractivity contribution in [2.24, 2.45) is 7.05 Å². The number of hydrogen-bond acceptors (Lipinski definition) is 5. The summed E-state index contributed by atoms with van der Waals surface area (Å²) in [5, 5.41) is 5.23. The molecule has 0 bridgehead atoms. The summed E-state index contributed by atoms with van der Waals surface area (Å²) in [5.74, 6) is 2.45. The predicted octanol–water partition coefficient (Wildman–Crippen LogP) is 3.33. The Morgan fingerprint density at radius 2 is 2.05 bits per heavy atom. The van der Waals surface area contributed by atoms with E-state index in [1.807, 2.05) is 23.9 Å². The number of fused-ring (bicyclic) bond motifs is 1. The first-order chi connectivity index (χ1) is 10.2. The van der Waals surface area contributed by atoms with Crippen LogP contribution in [0.25, 0.3) is 21.6 Å². The fourth-order valence-corrected chi connectivity index (χ4v) is 3.87. The van der Waals surface area contributed by atoms with Crippen molar-refractivity contribution in [1.82, 2.24) is 19.7 Å². The first-order valence-electron chi connectivity index (χ1n) is 7.28. The summed E-state index contributed by atoms with van der Waals surface area (Å²) >= 11 is 1.51. The monoisotopic (exact) mass is 299 g/mol. The Labute approximate surface area is 126 Å². The van der Waals surface area contributed by atoms with Crippen LogP contribution < -0.4 is 5.73 Å². The van der Waals surface area contributed by atoms with E-state index in [1.54, 1.807) is 0 Å². The number of nitrogen functional groups attached to an aromatic ring is 1. The second-order valence-electron chi connectivity index (χ2n) is 5.63. The van der Waals surface area contributed by atoms with E-state index in [-0.39, 0.29) is 0 Å². The number of rotatable bonds is 2. The molecule has 3 aromatic rings. The van der Waals surface area contributed by atoms with Crippen molar-refractivity contribution in [3.63, 3.8) is 0 Å². The van der Waals surface area contributed by atoms with Crippen molar-refractivity contribution >= 4 is 26.7 Å². The molecule has 0 unspecified atom stereocenters. The molecule has 0 radical (unpaired) electrons. The molecule has 0 aliphatic heterocycles. The third-order valence-corrected chi connectivity index (χ3v) is 5.01. The van der Waals surface area contributed by atoms with Gasteiger partial charge in [0.1, 0.15) is 0 Å². The van der Waals surface area contributed by atoms with Crippen LogP contribution in [0.5, 0.6) is 0 Å². The van der Waals surface area contributed by atoms with E-state index in [4.69, 9.17) is 10.7 Å². The number of nitrogens with zero attached hydrogens (tertiary/aromatic N) is 4. The third kappa shape index (κ3) is 2.19.